The zero-order chi connectivity index (χ0) is 12.1. The second-order valence-corrected chi connectivity index (χ2v) is 5.08. The fourth-order valence-electron chi connectivity index (χ4n) is 1.45. The van der Waals surface area contributed by atoms with Gasteiger partial charge >= 0.3 is 0 Å². The van der Waals surface area contributed by atoms with Crippen LogP contribution in [0, 0.1) is 0 Å². The lowest BCUT2D eigenvalue weighted by Crippen LogP contribution is -2.31. The van der Waals surface area contributed by atoms with Gasteiger partial charge in [-0.2, -0.15) is 11.8 Å². The summed E-state index contributed by atoms with van der Waals surface area (Å²) in [4.78, 5) is 0. The van der Waals surface area contributed by atoms with Crippen molar-refractivity contribution in [2.75, 3.05) is 23.9 Å². The summed E-state index contributed by atoms with van der Waals surface area (Å²) < 4.78 is 0. The molecule has 0 bridgehead atoms. The molecule has 16 heavy (non-hydrogen) atoms. The highest BCUT2D eigenvalue weighted by molar-refractivity contribution is 7.99. The van der Waals surface area contributed by atoms with Crippen LogP contribution in [-0.2, 0) is 0 Å². The largest absolute Gasteiger partial charge is 0.397 e. The normalized spacial score (nSPS) is 14.5. The first-order valence-electron chi connectivity index (χ1n) is 5.04. The molecule has 0 radical (unpaired) electrons. The highest BCUT2D eigenvalue weighted by Gasteiger charge is 2.16. The highest BCUT2D eigenvalue weighted by atomic mass is 35.5. The number of hydrogen-bond acceptors (Lipinski definition) is 4. The molecule has 0 amide bonds. The van der Waals surface area contributed by atoms with E-state index in [0.717, 1.165) is 5.69 Å². The van der Waals surface area contributed by atoms with Crippen LogP contribution in [0.4, 0.5) is 11.4 Å². The molecule has 0 heterocycles. The molecule has 90 valence electrons. The maximum Gasteiger partial charge on any atom is 0.0765 e. The van der Waals surface area contributed by atoms with Crippen molar-refractivity contribution in [3.05, 3.63) is 23.2 Å². The maximum absolute atomic E-state index is 9.19. The number of nitrogens with one attached hydrogen (secondary N) is 1. The Labute approximate surface area is 105 Å². The van der Waals surface area contributed by atoms with E-state index >= 15 is 0 Å². The Bertz CT molecular complexity index is 325. The number of halogens is 1. The van der Waals surface area contributed by atoms with Crippen LogP contribution in [0.15, 0.2) is 18.2 Å². The van der Waals surface area contributed by atoms with Gasteiger partial charge < -0.3 is 16.2 Å². The van der Waals surface area contributed by atoms with Gasteiger partial charge in [0.2, 0.25) is 0 Å². The Morgan fingerprint density at radius 3 is 2.75 bits per heavy atom. The van der Waals surface area contributed by atoms with Gasteiger partial charge in [-0.25, -0.2) is 0 Å². The zero-order valence-electron chi connectivity index (χ0n) is 9.40. The monoisotopic (exact) mass is 260 g/mol. The molecule has 0 fully saturated rings. The molecule has 4 N–H and O–H groups in total. The Kier molecular flexibility index (Phi) is 5.25. The van der Waals surface area contributed by atoms with Gasteiger partial charge in [-0.3, -0.25) is 0 Å². The van der Waals surface area contributed by atoms with E-state index in [1.54, 1.807) is 23.9 Å². The molecule has 5 heteroatoms. The number of rotatable bonds is 5. The number of nitrogen functional groups attached to an aromatic ring is 1. The van der Waals surface area contributed by atoms with Crippen LogP contribution < -0.4 is 11.1 Å². The zero-order valence-corrected chi connectivity index (χ0v) is 11.0. The van der Waals surface area contributed by atoms with Gasteiger partial charge in [0.25, 0.3) is 0 Å². The third-order valence-corrected chi connectivity index (χ3v) is 3.94. The average Bonchev–Trinajstić information content (AvgIpc) is 2.25. The number of anilines is 2. The maximum atomic E-state index is 9.19. The van der Waals surface area contributed by atoms with Crippen molar-refractivity contribution in [3.8, 4) is 0 Å². The lowest BCUT2D eigenvalue weighted by Gasteiger charge is -2.23. The van der Waals surface area contributed by atoms with Crippen LogP contribution in [0.1, 0.15) is 6.92 Å². The first-order chi connectivity index (χ1) is 7.60. The molecular weight excluding hydrogens is 244 g/mol. The standard InChI is InChI=1S/C11H17ClN2OS/c1-7(10(6-15)16-2)14-11-8(12)4-3-5-9(11)13/h3-5,7,10,14-15H,6,13H2,1-2H3. The molecule has 0 aliphatic rings. The van der Waals surface area contributed by atoms with Crippen LogP contribution in [0.2, 0.25) is 5.02 Å². The highest BCUT2D eigenvalue weighted by Crippen LogP contribution is 2.29. The molecule has 0 aliphatic heterocycles. The quantitative estimate of drug-likeness (QED) is 0.712. The van der Waals surface area contributed by atoms with Crippen molar-refractivity contribution in [1.82, 2.24) is 0 Å². The number of aliphatic hydroxyl groups is 1. The third-order valence-electron chi connectivity index (χ3n) is 2.46. The molecule has 0 saturated heterocycles. The minimum atomic E-state index is 0.0993. The number of para-hydroxylation sites is 1. The molecule has 1 rings (SSSR count). The van der Waals surface area contributed by atoms with E-state index in [1.807, 2.05) is 19.2 Å². The van der Waals surface area contributed by atoms with Gasteiger partial charge in [-0.1, -0.05) is 17.7 Å². The van der Waals surface area contributed by atoms with Gasteiger partial charge in [-0.15, -0.1) is 0 Å². The summed E-state index contributed by atoms with van der Waals surface area (Å²) >= 11 is 7.67. The second-order valence-electron chi connectivity index (χ2n) is 3.59. The van der Waals surface area contributed by atoms with E-state index in [0.29, 0.717) is 10.7 Å². The van der Waals surface area contributed by atoms with Crippen molar-refractivity contribution in [2.45, 2.75) is 18.2 Å². The summed E-state index contributed by atoms with van der Waals surface area (Å²) in [5.74, 6) is 0. The summed E-state index contributed by atoms with van der Waals surface area (Å²) in [5, 5.41) is 13.2. The summed E-state index contributed by atoms with van der Waals surface area (Å²) in [5.41, 5.74) is 7.20. The van der Waals surface area contributed by atoms with Gasteiger partial charge in [0.15, 0.2) is 0 Å². The minimum Gasteiger partial charge on any atom is -0.397 e. The Hall–Kier alpha value is -0.580. The summed E-state index contributed by atoms with van der Waals surface area (Å²) in [6.07, 6.45) is 1.97. The van der Waals surface area contributed by atoms with Crippen molar-refractivity contribution in [2.24, 2.45) is 0 Å². The molecule has 1 aromatic rings. The molecule has 2 unspecified atom stereocenters. The molecule has 0 aromatic heterocycles. The SMILES string of the molecule is CSC(CO)C(C)Nc1c(N)cccc1Cl. The predicted molar refractivity (Wildman–Crippen MR) is 73.3 cm³/mol. The Morgan fingerprint density at radius 1 is 1.56 bits per heavy atom. The summed E-state index contributed by atoms with van der Waals surface area (Å²) in [7, 11) is 0. The van der Waals surface area contributed by atoms with Crippen LogP contribution in [0.3, 0.4) is 0 Å². The van der Waals surface area contributed by atoms with Crippen LogP contribution >= 0.6 is 23.4 Å². The van der Waals surface area contributed by atoms with Crippen molar-refractivity contribution in [1.29, 1.82) is 0 Å². The molecule has 0 saturated carbocycles. The molecule has 0 spiro atoms. The number of hydrogen-bond donors (Lipinski definition) is 3. The Morgan fingerprint density at radius 2 is 2.25 bits per heavy atom. The summed E-state index contributed by atoms with van der Waals surface area (Å²) in [6.45, 7) is 2.12. The minimum absolute atomic E-state index is 0.0993. The van der Waals surface area contributed by atoms with Crippen LogP contribution in [-0.4, -0.2) is 29.3 Å². The van der Waals surface area contributed by atoms with E-state index in [-0.39, 0.29) is 17.9 Å². The smallest absolute Gasteiger partial charge is 0.0765 e. The molecule has 2 atom stereocenters. The first-order valence-corrected chi connectivity index (χ1v) is 6.71. The van der Waals surface area contributed by atoms with E-state index in [2.05, 4.69) is 5.32 Å². The van der Waals surface area contributed by atoms with Gasteiger partial charge in [0.1, 0.15) is 0 Å². The third kappa shape index (κ3) is 3.20. The number of nitrogens with two attached hydrogens (primary N) is 1. The van der Waals surface area contributed by atoms with Crippen molar-refractivity contribution < 1.29 is 5.11 Å². The molecule has 0 aliphatic carbocycles. The first kappa shape index (κ1) is 13.5. The molecule has 1 aromatic carbocycles. The lowest BCUT2D eigenvalue weighted by molar-refractivity contribution is 0.288. The van der Waals surface area contributed by atoms with E-state index in [1.165, 1.54) is 0 Å². The van der Waals surface area contributed by atoms with Crippen molar-refractivity contribution >= 4 is 34.7 Å². The summed E-state index contributed by atoms with van der Waals surface area (Å²) in [6, 6.07) is 5.50. The average molecular weight is 261 g/mol. The number of benzene rings is 1. The van der Waals surface area contributed by atoms with E-state index in [4.69, 9.17) is 17.3 Å². The fourth-order valence-corrected chi connectivity index (χ4v) is 2.31. The Balaban J connectivity index is 2.80. The second kappa shape index (κ2) is 6.23. The lowest BCUT2D eigenvalue weighted by atomic mass is 10.2. The van der Waals surface area contributed by atoms with E-state index in [9.17, 15) is 5.11 Å². The van der Waals surface area contributed by atoms with E-state index < -0.39 is 0 Å². The van der Waals surface area contributed by atoms with Gasteiger partial charge in [-0.05, 0) is 25.3 Å². The topological polar surface area (TPSA) is 58.3 Å². The number of aliphatic hydroxyl groups excluding tert-OH is 1. The molecular formula is C11H17ClN2OS. The van der Waals surface area contributed by atoms with Gasteiger partial charge in [0.05, 0.1) is 23.0 Å². The number of thioether (sulfide) groups is 1. The fraction of sp³-hybridized carbons (Fsp3) is 0.455. The van der Waals surface area contributed by atoms with Gasteiger partial charge in [0, 0.05) is 11.3 Å². The van der Waals surface area contributed by atoms with Crippen LogP contribution in [0.25, 0.3) is 0 Å². The van der Waals surface area contributed by atoms with Crippen LogP contribution in [0.5, 0.6) is 0 Å². The predicted octanol–water partition coefficient (Wildman–Crippen LogP) is 2.45. The van der Waals surface area contributed by atoms with Crippen molar-refractivity contribution in [3.63, 3.8) is 0 Å². The molecule has 3 nitrogen and oxygen atoms in total.